The van der Waals surface area contributed by atoms with Crippen molar-refractivity contribution >= 4 is 17.8 Å². The second-order valence-electron chi connectivity index (χ2n) is 5.58. The predicted molar refractivity (Wildman–Crippen MR) is 83.6 cm³/mol. The Balaban J connectivity index is 1.86. The minimum absolute atomic E-state index is 0.0525. The van der Waals surface area contributed by atoms with Gasteiger partial charge in [-0.3, -0.25) is 15.2 Å². The Morgan fingerprint density at radius 3 is 2.50 bits per heavy atom. The van der Waals surface area contributed by atoms with Gasteiger partial charge in [0.25, 0.3) is 0 Å². The van der Waals surface area contributed by atoms with Gasteiger partial charge < -0.3 is 5.32 Å². The average Bonchev–Trinajstić information content (AvgIpc) is 2.81. The number of aromatic nitrogens is 5. The van der Waals surface area contributed by atoms with Crippen molar-refractivity contribution in [3.63, 3.8) is 0 Å². The van der Waals surface area contributed by atoms with Crippen LogP contribution in [-0.4, -0.2) is 37.6 Å². The fourth-order valence-electron chi connectivity index (χ4n) is 1.96. The van der Waals surface area contributed by atoms with Crippen LogP contribution in [0.25, 0.3) is 0 Å². The largest absolute Gasteiger partial charge is 0.345 e. The first-order chi connectivity index (χ1) is 10.4. The maximum Gasteiger partial charge on any atom is 0.248 e. The number of amides is 1. The Bertz CT molecular complexity index is 630. The highest BCUT2D eigenvalue weighted by Gasteiger charge is 2.09. The molecule has 118 valence electrons. The molecule has 0 unspecified atom stereocenters. The summed E-state index contributed by atoms with van der Waals surface area (Å²) in [6, 6.07) is 1.87. The van der Waals surface area contributed by atoms with Crippen LogP contribution in [0.5, 0.6) is 0 Å². The summed E-state index contributed by atoms with van der Waals surface area (Å²) in [5.41, 5.74) is 1.70. The molecule has 0 aliphatic carbocycles. The summed E-state index contributed by atoms with van der Waals surface area (Å²) in [4.78, 5) is 24.5. The van der Waals surface area contributed by atoms with Gasteiger partial charge in [0, 0.05) is 17.8 Å². The van der Waals surface area contributed by atoms with E-state index in [9.17, 15) is 4.79 Å². The van der Waals surface area contributed by atoms with Crippen LogP contribution in [0.3, 0.4) is 0 Å². The van der Waals surface area contributed by atoms with E-state index in [4.69, 9.17) is 0 Å². The molecule has 0 aliphatic heterocycles. The van der Waals surface area contributed by atoms with Crippen LogP contribution in [-0.2, 0) is 11.2 Å². The van der Waals surface area contributed by atoms with Crippen LogP contribution in [0, 0.1) is 19.8 Å². The molecule has 0 radical (unpaired) electrons. The molecule has 0 spiro atoms. The van der Waals surface area contributed by atoms with Crippen LogP contribution in [0.2, 0.25) is 0 Å². The van der Waals surface area contributed by atoms with E-state index in [0.717, 1.165) is 23.6 Å². The molecule has 0 aliphatic rings. The third-order valence-electron chi connectivity index (χ3n) is 2.77. The second kappa shape index (κ2) is 6.97. The number of aryl methyl sites for hydroxylation is 2. The number of anilines is 2. The molecule has 1 amide bonds. The van der Waals surface area contributed by atoms with Gasteiger partial charge in [-0.25, -0.2) is 9.97 Å². The molecule has 8 heteroatoms. The van der Waals surface area contributed by atoms with Crippen molar-refractivity contribution in [3.05, 3.63) is 23.3 Å². The molecule has 2 aromatic heterocycles. The Morgan fingerprint density at radius 2 is 1.86 bits per heavy atom. The molecule has 0 bridgehead atoms. The highest BCUT2D eigenvalue weighted by molar-refractivity contribution is 5.91. The van der Waals surface area contributed by atoms with E-state index in [0.29, 0.717) is 11.9 Å². The smallest absolute Gasteiger partial charge is 0.248 e. The number of carbonyl (C=O) groups excluding carboxylic acids is 1. The summed E-state index contributed by atoms with van der Waals surface area (Å²) in [6.07, 6.45) is 0.789. The first kappa shape index (κ1) is 15.9. The van der Waals surface area contributed by atoms with Gasteiger partial charge in [0.2, 0.25) is 17.8 Å². The van der Waals surface area contributed by atoms with Gasteiger partial charge in [-0.05, 0) is 25.8 Å². The van der Waals surface area contributed by atoms with Crippen LogP contribution in [0.15, 0.2) is 6.07 Å². The molecule has 22 heavy (non-hydrogen) atoms. The monoisotopic (exact) mass is 303 g/mol. The van der Waals surface area contributed by atoms with Crippen molar-refractivity contribution in [2.24, 2.45) is 5.92 Å². The molecule has 2 aromatic rings. The van der Waals surface area contributed by atoms with E-state index < -0.39 is 0 Å². The predicted octanol–water partition coefficient (Wildman–Crippen LogP) is 1.46. The summed E-state index contributed by atoms with van der Waals surface area (Å²) in [7, 11) is 0. The molecule has 0 fully saturated rings. The van der Waals surface area contributed by atoms with Crippen molar-refractivity contribution < 1.29 is 4.79 Å². The molecule has 3 N–H and O–H groups in total. The average molecular weight is 303 g/mol. The van der Waals surface area contributed by atoms with Crippen LogP contribution >= 0.6 is 0 Å². The number of hydrogen-bond acceptors (Lipinski definition) is 6. The molecular formula is C14H21N7O. The summed E-state index contributed by atoms with van der Waals surface area (Å²) in [6.45, 7) is 7.99. The highest BCUT2D eigenvalue weighted by Crippen LogP contribution is 2.06. The Labute approximate surface area is 129 Å². The van der Waals surface area contributed by atoms with E-state index in [2.05, 4.69) is 49.6 Å². The zero-order valence-electron chi connectivity index (χ0n) is 13.3. The Hall–Kier alpha value is -2.51. The lowest BCUT2D eigenvalue weighted by Gasteiger charge is -2.05. The minimum atomic E-state index is -0.252. The molecular weight excluding hydrogens is 282 g/mol. The van der Waals surface area contributed by atoms with Crippen molar-refractivity contribution in [2.75, 3.05) is 17.2 Å². The molecule has 0 saturated carbocycles. The van der Waals surface area contributed by atoms with Crippen LogP contribution in [0.4, 0.5) is 11.9 Å². The Morgan fingerprint density at radius 1 is 1.18 bits per heavy atom. The van der Waals surface area contributed by atoms with Crippen LogP contribution in [0.1, 0.15) is 31.1 Å². The van der Waals surface area contributed by atoms with Crippen LogP contribution < -0.4 is 10.6 Å². The third-order valence-corrected chi connectivity index (χ3v) is 2.77. The standard InChI is InChI=1S/C14H21N7O/c1-8(2)5-11-18-14(21-20-11)19-12(22)7-15-13-16-9(3)6-10(4)17-13/h6,8H,5,7H2,1-4H3,(H,15,16,17)(H2,18,19,20,21,22). The first-order valence-corrected chi connectivity index (χ1v) is 7.19. The number of rotatable bonds is 6. The van der Waals surface area contributed by atoms with Crippen molar-refractivity contribution in [1.29, 1.82) is 0 Å². The zero-order valence-corrected chi connectivity index (χ0v) is 13.3. The lowest BCUT2D eigenvalue weighted by molar-refractivity contribution is -0.114. The van der Waals surface area contributed by atoms with Gasteiger partial charge in [0.1, 0.15) is 5.82 Å². The molecule has 0 atom stereocenters. The summed E-state index contributed by atoms with van der Waals surface area (Å²) < 4.78 is 0. The van der Waals surface area contributed by atoms with E-state index >= 15 is 0 Å². The van der Waals surface area contributed by atoms with Crippen molar-refractivity contribution in [3.8, 4) is 0 Å². The normalized spacial score (nSPS) is 10.8. The lowest BCUT2D eigenvalue weighted by atomic mass is 10.1. The van der Waals surface area contributed by atoms with E-state index in [1.54, 1.807) is 0 Å². The highest BCUT2D eigenvalue weighted by atomic mass is 16.2. The maximum absolute atomic E-state index is 11.9. The van der Waals surface area contributed by atoms with E-state index in [1.165, 1.54) is 0 Å². The SMILES string of the molecule is Cc1cc(C)nc(NCC(=O)Nc2n[nH]c(CC(C)C)n2)n1. The lowest BCUT2D eigenvalue weighted by Crippen LogP contribution is -2.23. The van der Waals surface area contributed by atoms with E-state index in [-0.39, 0.29) is 18.4 Å². The number of nitrogens with one attached hydrogen (secondary N) is 3. The van der Waals surface area contributed by atoms with E-state index in [1.807, 2.05) is 19.9 Å². The van der Waals surface area contributed by atoms with Gasteiger partial charge in [-0.15, -0.1) is 5.10 Å². The third kappa shape index (κ3) is 4.80. The van der Waals surface area contributed by atoms with Gasteiger partial charge in [-0.2, -0.15) is 4.98 Å². The first-order valence-electron chi connectivity index (χ1n) is 7.19. The molecule has 2 heterocycles. The van der Waals surface area contributed by atoms with Gasteiger partial charge in [0.15, 0.2) is 0 Å². The van der Waals surface area contributed by atoms with Gasteiger partial charge in [0.05, 0.1) is 6.54 Å². The number of nitrogens with zero attached hydrogens (tertiary/aromatic N) is 4. The van der Waals surface area contributed by atoms with Gasteiger partial charge >= 0.3 is 0 Å². The maximum atomic E-state index is 11.9. The van der Waals surface area contributed by atoms with Gasteiger partial charge in [-0.1, -0.05) is 13.8 Å². The fraction of sp³-hybridized carbons (Fsp3) is 0.500. The topological polar surface area (TPSA) is 108 Å². The quantitative estimate of drug-likeness (QED) is 0.745. The molecule has 0 saturated heterocycles. The Kier molecular flexibility index (Phi) is 5.03. The second-order valence-corrected chi connectivity index (χ2v) is 5.58. The summed E-state index contributed by atoms with van der Waals surface area (Å²) in [5.74, 6) is 1.69. The number of aromatic amines is 1. The van der Waals surface area contributed by atoms with Crippen molar-refractivity contribution in [2.45, 2.75) is 34.1 Å². The zero-order chi connectivity index (χ0) is 16.1. The fourth-order valence-corrected chi connectivity index (χ4v) is 1.96. The number of H-pyrrole nitrogens is 1. The molecule has 0 aromatic carbocycles. The molecule has 8 nitrogen and oxygen atoms in total. The minimum Gasteiger partial charge on any atom is -0.345 e. The summed E-state index contributed by atoms with van der Waals surface area (Å²) in [5, 5.41) is 12.3. The molecule has 2 rings (SSSR count). The summed E-state index contributed by atoms with van der Waals surface area (Å²) >= 11 is 0. The van der Waals surface area contributed by atoms with Crippen molar-refractivity contribution in [1.82, 2.24) is 25.1 Å². The number of hydrogen-bond donors (Lipinski definition) is 3. The number of carbonyl (C=O) groups is 1.